The Morgan fingerprint density at radius 1 is 1.26 bits per heavy atom. The molecule has 1 unspecified atom stereocenters. The number of allylic oxidation sites excluding steroid dienone is 7. The minimum atomic E-state index is -0.422. The van der Waals surface area contributed by atoms with Crippen molar-refractivity contribution in [1.29, 1.82) is 0 Å². The molecule has 0 aliphatic carbocycles. The normalized spacial score (nSPS) is 16.1. The number of rotatable bonds is 6. The number of benzene rings is 1. The average Bonchev–Trinajstić information content (AvgIpc) is 2.82. The quantitative estimate of drug-likeness (QED) is 0.152. The number of halogens is 1. The number of ketones is 1. The number of phenolic OH excluding ortho intramolecular Hbond substituents is 1. The van der Waals surface area contributed by atoms with Gasteiger partial charge in [0.1, 0.15) is 17.4 Å². The van der Waals surface area contributed by atoms with E-state index in [0.29, 0.717) is 13.0 Å². The van der Waals surface area contributed by atoms with Gasteiger partial charge in [-0.05, 0) is 58.7 Å². The van der Waals surface area contributed by atoms with Gasteiger partial charge in [0.25, 0.3) is 0 Å². The van der Waals surface area contributed by atoms with Crippen molar-refractivity contribution in [3.63, 3.8) is 0 Å². The van der Waals surface area contributed by atoms with Crippen LogP contribution in [0.25, 0.3) is 0 Å². The fourth-order valence-corrected chi connectivity index (χ4v) is 3.01. The Hall–Kier alpha value is -3.48. The Morgan fingerprint density at radius 3 is 2.31 bits per heavy atom. The van der Waals surface area contributed by atoms with Crippen molar-refractivity contribution in [2.45, 2.75) is 59.8 Å². The number of aromatic hydroxyl groups is 1. The molecule has 1 heterocycles. The summed E-state index contributed by atoms with van der Waals surface area (Å²) in [6.07, 6.45) is 11.2. The third-order valence-corrected chi connectivity index (χ3v) is 5.12. The second-order valence-corrected chi connectivity index (χ2v) is 8.12. The first-order chi connectivity index (χ1) is 16.6. The molecular weight excluding hydrogens is 443 g/mol. The van der Waals surface area contributed by atoms with E-state index in [1.54, 1.807) is 6.07 Å². The summed E-state index contributed by atoms with van der Waals surface area (Å²) in [5, 5.41) is 12.3. The highest BCUT2D eigenvalue weighted by molar-refractivity contribution is 5.96. The third kappa shape index (κ3) is 13.7. The summed E-state index contributed by atoms with van der Waals surface area (Å²) in [5.41, 5.74) is 8.60. The number of amidine groups is 1. The van der Waals surface area contributed by atoms with Gasteiger partial charge in [0.15, 0.2) is 5.78 Å². The fraction of sp³-hybridized carbons (Fsp3) is 0.393. The summed E-state index contributed by atoms with van der Waals surface area (Å²) in [6.45, 7) is 13.8. The Balaban J connectivity index is 0.000000561. The van der Waals surface area contributed by atoms with Crippen molar-refractivity contribution in [3.05, 3.63) is 77.3 Å². The number of hydrogen-bond acceptors (Lipinski definition) is 5. The highest BCUT2D eigenvalue weighted by Gasteiger charge is 2.18. The molecule has 7 heteroatoms. The maximum Gasteiger partial charge on any atom is 0.164 e. The first-order valence-electron chi connectivity index (χ1n) is 11.6. The first kappa shape index (κ1) is 31.5. The summed E-state index contributed by atoms with van der Waals surface area (Å²) in [6, 6.07) is 4.12. The van der Waals surface area contributed by atoms with E-state index >= 15 is 0 Å². The van der Waals surface area contributed by atoms with Gasteiger partial charge in [0, 0.05) is 49.7 Å². The second kappa shape index (κ2) is 17.9. The first-order valence-corrected chi connectivity index (χ1v) is 11.6. The van der Waals surface area contributed by atoms with E-state index in [4.69, 9.17) is 5.73 Å². The zero-order valence-corrected chi connectivity index (χ0v) is 21.9. The number of carbonyl (C=O) groups excluding carboxylic acids is 1. The lowest BCUT2D eigenvalue weighted by atomic mass is 9.92. The summed E-state index contributed by atoms with van der Waals surface area (Å²) in [5.74, 6) is 0.538. The van der Waals surface area contributed by atoms with Crippen LogP contribution in [0, 0.1) is 5.82 Å². The van der Waals surface area contributed by atoms with Crippen molar-refractivity contribution in [2.75, 3.05) is 13.6 Å². The SMILES string of the molecule is C/C=C\C=C/C.C=C(C)CC(=O)/C(C)=C(/C)NC.NC=NC1=NCC(c2cc(O)cc(F)c2)CC1. The van der Waals surface area contributed by atoms with Gasteiger partial charge >= 0.3 is 0 Å². The van der Waals surface area contributed by atoms with Crippen molar-refractivity contribution in [2.24, 2.45) is 15.7 Å². The number of hydrogen-bond donors (Lipinski definition) is 3. The Morgan fingerprint density at radius 2 is 1.89 bits per heavy atom. The molecule has 1 aromatic rings. The Kier molecular flexibility index (Phi) is 16.1. The molecule has 1 atom stereocenters. The lowest BCUT2D eigenvalue weighted by Gasteiger charge is -2.19. The molecule has 0 fully saturated rings. The number of nitrogens with two attached hydrogens (primary N) is 1. The molecule has 0 spiro atoms. The molecule has 1 aliphatic heterocycles. The molecule has 2 rings (SSSR count). The van der Waals surface area contributed by atoms with Crippen LogP contribution in [-0.4, -0.2) is 36.7 Å². The van der Waals surface area contributed by atoms with Gasteiger partial charge in [-0.1, -0.05) is 36.5 Å². The number of nitrogens with one attached hydrogen (secondary N) is 1. The molecule has 192 valence electrons. The summed E-state index contributed by atoms with van der Waals surface area (Å²) >= 11 is 0. The van der Waals surface area contributed by atoms with E-state index in [1.807, 2.05) is 66.0 Å². The van der Waals surface area contributed by atoms with Gasteiger partial charge < -0.3 is 16.2 Å². The van der Waals surface area contributed by atoms with Gasteiger partial charge in [-0.15, -0.1) is 0 Å². The molecule has 0 amide bonds. The van der Waals surface area contributed by atoms with Crippen LogP contribution in [0.5, 0.6) is 5.75 Å². The van der Waals surface area contributed by atoms with Gasteiger partial charge in [-0.3, -0.25) is 9.79 Å². The van der Waals surface area contributed by atoms with Crippen molar-refractivity contribution in [1.82, 2.24) is 5.32 Å². The van der Waals surface area contributed by atoms with Gasteiger partial charge in [-0.25, -0.2) is 9.38 Å². The van der Waals surface area contributed by atoms with E-state index in [-0.39, 0.29) is 17.5 Å². The Labute approximate surface area is 210 Å². The summed E-state index contributed by atoms with van der Waals surface area (Å²) in [4.78, 5) is 19.6. The molecule has 1 aliphatic rings. The van der Waals surface area contributed by atoms with E-state index < -0.39 is 5.82 Å². The summed E-state index contributed by atoms with van der Waals surface area (Å²) < 4.78 is 13.1. The van der Waals surface area contributed by atoms with Gasteiger partial charge in [0.05, 0.1) is 6.34 Å². The van der Waals surface area contributed by atoms with Crippen molar-refractivity contribution in [3.8, 4) is 5.75 Å². The smallest absolute Gasteiger partial charge is 0.164 e. The molecule has 0 aromatic heterocycles. The third-order valence-electron chi connectivity index (χ3n) is 5.12. The molecule has 0 bridgehead atoms. The van der Waals surface area contributed by atoms with Crippen LogP contribution in [0.1, 0.15) is 65.4 Å². The van der Waals surface area contributed by atoms with Gasteiger partial charge in [-0.2, -0.15) is 0 Å². The number of nitrogens with zero attached hydrogens (tertiary/aromatic N) is 2. The van der Waals surface area contributed by atoms with E-state index in [0.717, 1.165) is 47.2 Å². The van der Waals surface area contributed by atoms with Crippen LogP contribution in [0.2, 0.25) is 0 Å². The number of aliphatic imine (C=N–C) groups is 2. The van der Waals surface area contributed by atoms with E-state index in [2.05, 4.69) is 21.9 Å². The topological polar surface area (TPSA) is 100 Å². The second-order valence-electron chi connectivity index (χ2n) is 8.12. The molecule has 6 nitrogen and oxygen atoms in total. The highest BCUT2D eigenvalue weighted by Crippen LogP contribution is 2.28. The Bertz CT molecular complexity index is 945. The molecule has 35 heavy (non-hydrogen) atoms. The van der Waals surface area contributed by atoms with Crippen LogP contribution in [0.3, 0.4) is 0 Å². The monoisotopic (exact) mass is 484 g/mol. The minimum Gasteiger partial charge on any atom is -0.508 e. The predicted molar refractivity (Wildman–Crippen MR) is 147 cm³/mol. The zero-order valence-electron chi connectivity index (χ0n) is 21.9. The molecule has 0 saturated carbocycles. The number of carbonyl (C=O) groups is 1. The van der Waals surface area contributed by atoms with Crippen LogP contribution in [0.15, 0.2) is 75.9 Å². The number of Topliss-reactive ketones (excluding diaryl/α,β-unsaturated/α-hetero) is 1. The van der Waals surface area contributed by atoms with E-state index in [9.17, 15) is 14.3 Å². The number of phenols is 1. The van der Waals surface area contributed by atoms with Crippen molar-refractivity contribution >= 4 is 18.0 Å². The standard InChI is InChI=1S/C12H14FN3O.C10H17NO.C6H10/c13-10-3-9(4-11(17)5-10)8-1-2-12(15-6-8)16-7-14;1-7(2)6-10(12)8(3)9(4)11-5;1-3-5-6-4-2/h3-5,7-8,17H,1-2,6H2,(H2,14,15,16);11H,1,6H2,2-5H3;3-6H,1-2H3/b;9-8-;5-3-,6-4-. The zero-order chi connectivity index (χ0) is 26.8. The highest BCUT2D eigenvalue weighted by atomic mass is 19.1. The lowest BCUT2D eigenvalue weighted by molar-refractivity contribution is -0.115. The maximum absolute atomic E-state index is 13.1. The molecule has 0 saturated heterocycles. The molecule has 0 radical (unpaired) electrons. The van der Waals surface area contributed by atoms with E-state index in [1.165, 1.54) is 12.4 Å². The van der Waals surface area contributed by atoms with Crippen LogP contribution in [-0.2, 0) is 4.79 Å². The molecular formula is C28H41FN4O2. The summed E-state index contributed by atoms with van der Waals surface area (Å²) in [7, 11) is 1.81. The lowest BCUT2D eigenvalue weighted by Crippen LogP contribution is -2.14. The minimum absolute atomic E-state index is 0.0465. The predicted octanol–water partition coefficient (Wildman–Crippen LogP) is 5.97. The van der Waals surface area contributed by atoms with Crippen LogP contribution in [0.4, 0.5) is 4.39 Å². The van der Waals surface area contributed by atoms with Crippen molar-refractivity contribution < 1.29 is 14.3 Å². The van der Waals surface area contributed by atoms with Crippen LogP contribution >= 0.6 is 0 Å². The maximum atomic E-state index is 13.1. The molecule has 1 aromatic carbocycles. The fourth-order valence-electron chi connectivity index (χ4n) is 3.01. The average molecular weight is 485 g/mol. The largest absolute Gasteiger partial charge is 0.508 e. The molecule has 4 N–H and O–H groups in total. The van der Waals surface area contributed by atoms with Gasteiger partial charge in [0.2, 0.25) is 0 Å². The van der Waals surface area contributed by atoms with Crippen LogP contribution < -0.4 is 11.1 Å².